The van der Waals surface area contributed by atoms with Gasteiger partial charge in [0.2, 0.25) is 0 Å². The number of hydrogen-bond acceptors (Lipinski definition) is 1. The van der Waals surface area contributed by atoms with Crippen LogP contribution in [-0.2, 0) is 0 Å². The molecular formula is C29H24S. The van der Waals surface area contributed by atoms with Crippen molar-refractivity contribution in [1.82, 2.24) is 0 Å². The number of rotatable bonds is 3. The molecule has 0 nitrogen and oxygen atoms in total. The maximum atomic E-state index is 4.04. The maximum Gasteiger partial charge on any atom is 0.0434 e. The van der Waals surface area contributed by atoms with Gasteiger partial charge in [-0.25, -0.2) is 0 Å². The van der Waals surface area contributed by atoms with Crippen molar-refractivity contribution < 1.29 is 0 Å². The van der Waals surface area contributed by atoms with Crippen LogP contribution in [0.1, 0.15) is 25.0 Å². The topological polar surface area (TPSA) is 0 Å². The maximum absolute atomic E-state index is 4.04. The normalized spacial score (nSPS) is 13.0. The fraction of sp³-hybridized carbons (Fsp3) is 0.103. The Bertz CT molecular complexity index is 1520. The van der Waals surface area contributed by atoms with Crippen LogP contribution < -0.4 is 0 Å². The number of benzene rings is 4. The first-order valence-corrected chi connectivity index (χ1v) is 11.2. The van der Waals surface area contributed by atoms with Gasteiger partial charge >= 0.3 is 0 Å². The van der Waals surface area contributed by atoms with Crippen LogP contribution in [0.4, 0.5) is 0 Å². The number of thiophene rings is 1. The lowest BCUT2D eigenvalue weighted by molar-refractivity contribution is 1.47. The first-order chi connectivity index (χ1) is 14.7. The van der Waals surface area contributed by atoms with E-state index in [0.29, 0.717) is 0 Å². The molecule has 1 heterocycles. The van der Waals surface area contributed by atoms with E-state index in [0.717, 1.165) is 0 Å². The standard InChI is InChI=1S/C29H24S/c1-5-11-21(18(3)6-2)26-19(4)28-27(24-15-10-9-14-23(24)26)25-17-16-20-12-7-8-13-22(20)29(25)30-28/h5-17H,2H2,1,3-4H3/b11-5-,21-18+. The van der Waals surface area contributed by atoms with E-state index in [-0.39, 0.29) is 0 Å². The monoisotopic (exact) mass is 404 g/mol. The third-order valence-electron chi connectivity index (χ3n) is 6.10. The molecule has 0 N–H and O–H groups in total. The van der Waals surface area contributed by atoms with Crippen LogP contribution >= 0.6 is 11.3 Å². The van der Waals surface area contributed by atoms with Crippen molar-refractivity contribution in [2.75, 3.05) is 0 Å². The van der Waals surface area contributed by atoms with Gasteiger partial charge in [-0.05, 0) is 64.6 Å². The molecule has 0 bridgehead atoms. The molecule has 0 aliphatic heterocycles. The highest BCUT2D eigenvalue weighted by Crippen LogP contribution is 2.46. The largest absolute Gasteiger partial charge is 0.134 e. The minimum Gasteiger partial charge on any atom is -0.134 e. The van der Waals surface area contributed by atoms with Gasteiger partial charge in [0.1, 0.15) is 0 Å². The van der Waals surface area contributed by atoms with Gasteiger partial charge in [-0.2, -0.15) is 0 Å². The lowest BCUT2D eigenvalue weighted by Crippen LogP contribution is -1.93. The zero-order valence-electron chi connectivity index (χ0n) is 17.6. The summed E-state index contributed by atoms with van der Waals surface area (Å²) in [5.74, 6) is 0. The van der Waals surface area contributed by atoms with Crippen LogP contribution in [0.5, 0.6) is 0 Å². The second-order valence-corrected chi connectivity index (χ2v) is 8.84. The average molecular weight is 405 g/mol. The molecule has 5 aromatic rings. The van der Waals surface area contributed by atoms with Gasteiger partial charge in [-0.15, -0.1) is 11.3 Å². The summed E-state index contributed by atoms with van der Waals surface area (Å²) in [5.41, 5.74) is 5.13. The third-order valence-corrected chi connectivity index (χ3v) is 7.45. The Hall–Kier alpha value is -3.16. The first-order valence-electron chi connectivity index (χ1n) is 10.4. The third kappa shape index (κ3) is 2.66. The molecule has 0 aliphatic carbocycles. The summed E-state index contributed by atoms with van der Waals surface area (Å²) in [6, 6.07) is 22.1. The van der Waals surface area contributed by atoms with Gasteiger partial charge in [-0.3, -0.25) is 0 Å². The van der Waals surface area contributed by atoms with E-state index in [2.05, 4.69) is 100 Å². The van der Waals surface area contributed by atoms with Crippen molar-refractivity contribution in [3.05, 3.63) is 102 Å². The van der Waals surface area contributed by atoms with E-state index in [4.69, 9.17) is 0 Å². The number of aryl methyl sites for hydroxylation is 1. The molecule has 0 radical (unpaired) electrons. The lowest BCUT2D eigenvalue weighted by atomic mass is 9.88. The molecule has 0 aliphatic rings. The minimum absolute atomic E-state index is 1.20. The van der Waals surface area contributed by atoms with Gasteiger partial charge in [0.25, 0.3) is 0 Å². The van der Waals surface area contributed by atoms with E-state index in [1.165, 1.54) is 64.0 Å². The Morgan fingerprint density at radius 1 is 0.833 bits per heavy atom. The van der Waals surface area contributed by atoms with Gasteiger partial charge in [0.15, 0.2) is 0 Å². The fourth-order valence-electron chi connectivity index (χ4n) is 4.63. The number of fused-ring (bicyclic) bond motifs is 7. The van der Waals surface area contributed by atoms with Crippen LogP contribution in [0.2, 0.25) is 0 Å². The molecule has 30 heavy (non-hydrogen) atoms. The molecule has 0 saturated heterocycles. The van der Waals surface area contributed by atoms with E-state index in [1.54, 1.807) is 0 Å². The molecule has 0 spiro atoms. The SMILES string of the molecule is C=C/C(C)=C(\C=C/C)c1c(C)c2sc3c4ccccc4ccc3c2c2ccccc12. The quantitative estimate of drug-likeness (QED) is 0.263. The summed E-state index contributed by atoms with van der Waals surface area (Å²) < 4.78 is 2.76. The van der Waals surface area contributed by atoms with Crippen LogP contribution in [0.25, 0.3) is 47.3 Å². The van der Waals surface area contributed by atoms with Gasteiger partial charge < -0.3 is 0 Å². The summed E-state index contributed by atoms with van der Waals surface area (Å²) in [7, 11) is 0. The van der Waals surface area contributed by atoms with Crippen LogP contribution in [0.15, 0.2) is 91.0 Å². The molecule has 1 heteroatoms. The molecule has 4 aromatic carbocycles. The van der Waals surface area contributed by atoms with E-state index < -0.39 is 0 Å². The summed E-state index contributed by atoms with van der Waals surface area (Å²) >= 11 is 1.93. The smallest absolute Gasteiger partial charge is 0.0434 e. The van der Waals surface area contributed by atoms with Gasteiger partial charge in [0, 0.05) is 20.2 Å². The summed E-state index contributed by atoms with van der Waals surface area (Å²) in [6.07, 6.45) is 6.31. The zero-order chi connectivity index (χ0) is 20.8. The number of hydrogen-bond donors (Lipinski definition) is 0. The van der Waals surface area contributed by atoms with Crippen LogP contribution in [0.3, 0.4) is 0 Å². The average Bonchev–Trinajstić information content (AvgIpc) is 3.19. The summed E-state index contributed by atoms with van der Waals surface area (Å²) in [5, 5.41) is 8.02. The molecule has 0 atom stereocenters. The van der Waals surface area contributed by atoms with Crippen molar-refractivity contribution >= 4 is 58.6 Å². The highest BCUT2D eigenvalue weighted by molar-refractivity contribution is 7.27. The summed E-state index contributed by atoms with van der Waals surface area (Å²) in [4.78, 5) is 0. The molecule has 0 fully saturated rings. The van der Waals surface area contributed by atoms with E-state index >= 15 is 0 Å². The van der Waals surface area contributed by atoms with Gasteiger partial charge in [-0.1, -0.05) is 85.5 Å². The Morgan fingerprint density at radius 3 is 2.27 bits per heavy atom. The van der Waals surface area contributed by atoms with Crippen molar-refractivity contribution in [2.24, 2.45) is 0 Å². The van der Waals surface area contributed by atoms with E-state index in [9.17, 15) is 0 Å². The molecule has 0 saturated carbocycles. The van der Waals surface area contributed by atoms with Crippen molar-refractivity contribution in [3.63, 3.8) is 0 Å². The Kier molecular flexibility index (Phi) is 4.56. The van der Waals surface area contributed by atoms with Crippen molar-refractivity contribution in [2.45, 2.75) is 20.8 Å². The number of allylic oxidation sites excluding steroid dienone is 5. The Morgan fingerprint density at radius 2 is 1.53 bits per heavy atom. The first kappa shape index (κ1) is 18.8. The highest BCUT2D eigenvalue weighted by atomic mass is 32.1. The van der Waals surface area contributed by atoms with Crippen LogP contribution in [0, 0.1) is 6.92 Å². The predicted molar refractivity (Wildman–Crippen MR) is 137 cm³/mol. The van der Waals surface area contributed by atoms with Crippen LogP contribution in [-0.4, -0.2) is 0 Å². The molecule has 0 amide bonds. The lowest BCUT2D eigenvalue weighted by Gasteiger charge is -2.16. The second-order valence-electron chi connectivity index (χ2n) is 7.82. The predicted octanol–water partition coefficient (Wildman–Crippen LogP) is 9.20. The zero-order valence-corrected chi connectivity index (χ0v) is 18.4. The van der Waals surface area contributed by atoms with Crippen molar-refractivity contribution in [1.29, 1.82) is 0 Å². The Balaban J connectivity index is 2.06. The minimum atomic E-state index is 1.20. The second kappa shape index (κ2) is 7.27. The van der Waals surface area contributed by atoms with Crippen molar-refractivity contribution in [3.8, 4) is 0 Å². The molecule has 1 aromatic heterocycles. The molecule has 0 unspecified atom stereocenters. The summed E-state index contributed by atoms with van der Waals surface area (Å²) in [6.45, 7) is 10.6. The molecular weight excluding hydrogens is 380 g/mol. The van der Waals surface area contributed by atoms with E-state index in [1.807, 2.05) is 17.4 Å². The van der Waals surface area contributed by atoms with Gasteiger partial charge in [0.05, 0.1) is 0 Å². The molecule has 146 valence electrons. The fourth-order valence-corrected chi connectivity index (χ4v) is 5.98. The molecule has 5 rings (SSSR count). The Labute approximate surface area is 181 Å². The highest BCUT2D eigenvalue weighted by Gasteiger charge is 2.19.